The molecule has 0 saturated heterocycles. The van der Waals surface area contributed by atoms with Crippen molar-refractivity contribution in [3.63, 3.8) is 0 Å². The third kappa shape index (κ3) is 9.08. The molecule has 2 atom stereocenters. The van der Waals surface area contributed by atoms with E-state index < -0.39 is 0 Å². The molecule has 0 bridgehead atoms. The Labute approximate surface area is 183 Å². The van der Waals surface area contributed by atoms with Crippen LogP contribution in [0.3, 0.4) is 0 Å². The number of nitrogens with zero attached hydrogens (tertiary/aromatic N) is 1. The van der Waals surface area contributed by atoms with E-state index in [2.05, 4.69) is 15.7 Å². The fraction of sp³-hybridized carbons (Fsp3) is 0.500. The van der Waals surface area contributed by atoms with Crippen molar-refractivity contribution in [2.24, 2.45) is 22.6 Å². The molecule has 0 heterocycles. The molecule has 9 nitrogen and oxygen atoms in total. The van der Waals surface area contributed by atoms with E-state index in [0.29, 0.717) is 25.4 Å². The van der Waals surface area contributed by atoms with Crippen LogP contribution in [0.25, 0.3) is 0 Å². The van der Waals surface area contributed by atoms with Crippen molar-refractivity contribution in [3.05, 3.63) is 42.0 Å². The maximum absolute atomic E-state index is 12.3. The minimum atomic E-state index is -0.369. The first-order valence-electron chi connectivity index (χ1n) is 10.7. The number of rotatable bonds is 10. The number of nitrogens with two attached hydrogens (primary N) is 2. The average molecular weight is 432 g/mol. The van der Waals surface area contributed by atoms with E-state index in [-0.39, 0.29) is 36.3 Å². The van der Waals surface area contributed by atoms with E-state index in [1.165, 1.54) is 0 Å². The van der Waals surface area contributed by atoms with Gasteiger partial charge in [0.15, 0.2) is 5.84 Å². The predicted molar refractivity (Wildman–Crippen MR) is 120 cm³/mol. The van der Waals surface area contributed by atoms with Crippen molar-refractivity contribution in [2.45, 2.75) is 45.1 Å². The van der Waals surface area contributed by atoms with Crippen LogP contribution in [0.15, 0.2) is 41.5 Å². The van der Waals surface area contributed by atoms with Gasteiger partial charge in [0.25, 0.3) is 0 Å². The number of alkyl carbamates (subject to hydrolysis) is 1. The Hall–Kier alpha value is -3.07. The van der Waals surface area contributed by atoms with Crippen molar-refractivity contribution in [1.82, 2.24) is 10.6 Å². The number of nitrogens with one attached hydrogen (secondary N) is 2. The lowest BCUT2D eigenvalue weighted by atomic mass is 10.1. The first kappa shape index (κ1) is 24.2. The number of hydrogen-bond acceptors (Lipinski definition) is 7. The van der Waals surface area contributed by atoms with Gasteiger partial charge in [-0.2, -0.15) is 5.10 Å². The fourth-order valence-electron chi connectivity index (χ4n) is 3.27. The van der Waals surface area contributed by atoms with Crippen molar-refractivity contribution < 1.29 is 19.1 Å². The maximum atomic E-state index is 12.3. The number of carbonyl (C=O) groups is 2. The van der Waals surface area contributed by atoms with E-state index >= 15 is 0 Å². The molecule has 2 rings (SSSR count). The molecule has 0 aliphatic heterocycles. The zero-order chi connectivity index (χ0) is 22.5. The summed E-state index contributed by atoms with van der Waals surface area (Å²) in [5, 5.41) is 9.07. The Balaban J connectivity index is 1.76. The minimum Gasteiger partial charge on any atom is -0.492 e. The number of amidine groups is 1. The Kier molecular flexibility index (Phi) is 10.4. The van der Waals surface area contributed by atoms with Crippen LogP contribution in [-0.4, -0.2) is 43.6 Å². The zero-order valence-corrected chi connectivity index (χ0v) is 18.0. The van der Waals surface area contributed by atoms with Gasteiger partial charge in [-0.15, -0.1) is 0 Å². The number of amides is 2. The average Bonchev–Trinajstić information content (AvgIpc) is 3.21. The second-order valence-corrected chi connectivity index (χ2v) is 7.41. The molecule has 1 aliphatic carbocycles. The van der Waals surface area contributed by atoms with Gasteiger partial charge in [0, 0.05) is 13.1 Å². The molecular formula is C22H33N5O4. The van der Waals surface area contributed by atoms with Gasteiger partial charge in [-0.25, -0.2) is 4.79 Å². The first-order chi connectivity index (χ1) is 15.0. The van der Waals surface area contributed by atoms with Gasteiger partial charge in [0.1, 0.15) is 18.5 Å². The van der Waals surface area contributed by atoms with Crippen LogP contribution in [0.2, 0.25) is 0 Å². The van der Waals surface area contributed by atoms with Crippen molar-refractivity contribution in [3.8, 4) is 5.75 Å². The maximum Gasteiger partial charge on any atom is 0.407 e. The zero-order valence-electron chi connectivity index (χ0n) is 18.0. The third-order valence-corrected chi connectivity index (χ3v) is 4.83. The largest absolute Gasteiger partial charge is 0.492 e. The lowest BCUT2D eigenvalue weighted by Gasteiger charge is -2.12. The molecule has 9 heteroatoms. The molecular weight excluding hydrogens is 398 g/mol. The SMILES string of the molecule is CCCNC(=O)O[C@H]1CC[C@@H](/C=C/C(=N\N)NC(=O)Cc2ccc(OCCN)cc2)C1. The third-order valence-electron chi connectivity index (χ3n) is 4.83. The molecule has 6 N–H and O–H groups in total. The highest BCUT2D eigenvalue weighted by Crippen LogP contribution is 2.28. The van der Waals surface area contributed by atoms with E-state index in [4.69, 9.17) is 21.1 Å². The van der Waals surface area contributed by atoms with Crippen LogP contribution >= 0.6 is 0 Å². The molecule has 170 valence electrons. The van der Waals surface area contributed by atoms with Gasteiger partial charge >= 0.3 is 6.09 Å². The van der Waals surface area contributed by atoms with Gasteiger partial charge in [0.05, 0.1) is 6.42 Å². The van der Waals surface area contributed by atoms with Crippen molar-refractivity contribution in [1.29, 1.82) is 0 Å². The van der Waals surface area contributed by atoms with E-state index in [9.17, 15) is 9.59 Å². The number of carbonyl (C=O) groups excluding carboxylic acids is 2. The summed E-state index contributed by atoms with van der Waals surface area (Å²) < 4.78 is 10.8. The Bertz CT molecular complexity index is 764. The smallest absolute Gasteiger partial charge is 0.407 e. The second kappa shape index (κ2) is 13.3. The lowest BCUT2D eigenvalue weighted by Crippen LogP contribution is -2.31. The summed E-state index contributed by atoms with van der Waals surface area (Å²) >= 11 is 0. The van der Waals surface area contributed by atoms with Gasteiger partial charge < -0.3 is 31.7 Å². The van der Waals surface area contributed by atoms with E-state index in [0.717, 1.165) is 31.2 Å². The second-order valence-electron chi connectivity index (χ2n) is 7.41. The lowest BCUT2D eigenvalue weighted by molar-refractivity contribution is -0.119. The highest BCUT2D eigenvalue weighted by atomic mass is 16.6. The van der Waals surface area contributed by atoms with Crippen LogP contribution in [0.5, 0.6) is 5.75 Å². The molecule has 2 amide bonds. The molecule has 0 aromatic heterocycles. The minimum absolute atomic E-state index is 0.101. The molecule has 0 spiro atoms. The molecule has 1 aromatic rings. The summed E-state index contributed by atoms with van der Waals surface area (Å²) in [6, 6.07) is 7.26. The number of benzene rings is 1. The molecule has 1 aromatic carbocycles. The number of allylic oxidation sites excluding steroid dienone is 1. The summed E-state index contributed by atoms with van der Waals surface area (Å²) in [6.07, 6.45) is 6.68. The Morgan fingerprint density at radius 1 is 1.26 bits per heavy atom. The summed E-state index contributed by atoms with van der Waals surface area (Å²) in [5.41, 5.74) is 6.25. The monoisotopic (exact) mass is 431 g/mol. The first-order valence-corrected chi connectivity index (χ1v) is 10.7. The van der Waals surface area contributed by atoms with Crippen molar-refractivity contribution >= 4 is 17.8 Å². The van der Waals surface area contributed by atoms with Crippen LogP contribution in [-0.2, 0) is 16.0 Å². The summed E-state index contributed by atoms with van der Waals surface area (Å²) in [5.74, 6) is 6.44. The van der Waals surface area contributed by atoms with Gasteiger partial charge in [0.2, 0.25) is 5.91 Å². The molecule has 0 unspecified atom stereocenters. The molecule has 1 fully saturated rings. The van der Waals surface area contributed by atoms with E-state index in [1.807, 2.05) is 25.1 Å². The standard InChI is InChI=1S/C22H33N5O4/c1-2-12-25-22(29)31-19-9-5-16(14-19)6-10-20(27-24)26-21(28)15-17-3-7-18(8-4-17)30-13-11-23/h3-4,6-8,10,16,19H,2,5,9,11-15,23-24H2,1H3,(H,25,29)(H,26,27,28)/b10-6+/t16-,19-/m0/s1. The molecule has 1 saturated carbocycles. The molecule has 31 heavy (non-hydrogen) atoms. The Morgan fingerprint density at radius 2 is 2.03 bits per heavy atom. The van der Waals surface area contributed by atoms with E-state index in [1.54, 1.807) is 18.2 Å². The summed E-state index contributed by atoms with van der Waals surface area (Å²) in [6.45, 7) is 3.49. The Morgan fingerprint density at radius 3 is 2.71 bits per heavy atom. The highest BCUT2D eigenvalue weighted by molar-refractivity contribution is 6.04. The molecule has 0 radical (unpaired) electrons. The summed E-state index contributed by atoms with van der Waals surface area (Å²) in [4.78, 5) is 24.0. The predicted octanol–water partition coefficient (Wildman–Crippen LogP) is 1.82. The van der Waals surface area contributed by atoms with Gasteiger partial charge in [-0.05, 0) is 55.4 Å². The topological polar surface area (TPSA) is 141 Å². The van der Waals surface area contributed by atoms with Crippen molar-refractivity contribution in [2.75, 3.05) is 19.7 Å². The highest BCUT2D eigenvalue weighted by Gasteiger charge is 2.26. The fourth-order valence-corrected chi connectivity index (χ4v) is 3.27. The van der Waals surface area contributed by atoms with Crippen LogP contribution in [0, 0.1) is 5.92 Å². The van der Waals surface area contributed by atoms with Gasteiger partial charge in [-0.1, -0.05) is 25.1 Å². The number of hydrazone groups is 1. The normalized spacial score (nSPS) is 18.7. The van der Waals surface area contributed by atoms with Crippen LogP contribution in [0.1, 0.15) is 38.2 Å². The van der Waals surface area contributed by atoms with Gasteiger partial charge in [-0.3, -0.25) is 4.79 Å². The molecule has 1 aliphatic rings. The quantitative estimate of drug-likeness (QED) is 0.193. The summed E-state index contributed by atoms with van der Waals surface area (Å²) in [7, 11) is 0. The van der Waals surface area contributed by atoms with Crippen LogP contribution in [0.4, 0.5) is 4.79 Å². The van der Waals surface area contributed by atoms with Crippen LogP contribution < -0.4 is 26.9 Å². The number of ether oxygens (including phenoxy) is 2. The number of hydrogen-bond donors (Lipinski definition) is 4.